The number of benzene rings is 2. The number of carbonyl (C=O) groups is 1. The normalized spacial score (nSPS) is 13.2. The van der Waals surface area contributed by atoms with Gasteiger partial charge in [0.15, 0.2) is 17.2 Å². The molecule has 0 fully saturated rings. The third kappa shape index (κ3) is 2.77. The fraction of sp³-hybridized carbons (Fsp3) is 0.200. The molecule has 0 atom stereocenters. The van der Waals surface area contributed by atoms with E-state index in [0.717, 1.165) is 41.3 Å². The van der Waals surface area contributed by atoms with Crippen LogP contribution in [-0.2, 0) is 17.8 Å². The number of carboxylic acid groups (broad SMARTS) is 1. The lowest BCUT2D eigenvalue weighted by atomic mass is 9.93. The van der Waals surface area contributed by atoms with Crippen molar-refractivity contribution in [1.82, 2.24) is 4.57 Å². The molecule has 1 aromatic rings. The maximum absolute atomic E-state index is 12.5. The summed E-state index contributed by atoms with van der Waals surface area (Å²) < 4.78 is 18.3. The van der Waals surface area contributed by atoms with E-state index in [1.165, 1.54) is 12.7 Å². The van der Waals surface area contributed by atoms with Gasteiger partial charge in [0.05, 0.1) is 7.11 Å². The Morgan fingerprint density at radius 1 is 1.15 bits per heavy atom. The third-order valence-corrected chi connectivity index (χ3v) is 4.80. The SMILES string of the molecule is COc1ccc2cc3n(cc-2c1=O)CCc1cc2c(cc1-3)OCO2.O=CO. The van der Waals surface area contributed by atoms with Gasteiger partial charge in [-0.1, -0.05) is 6.07 Å². The number of hydrogen-bond acceptors (Lipinski definition) is 5. The van der Waals surface area contributed by atoms with Crippen molar-refractivity contribution in [2.45, 2.75) is 13.0 Å². The molecule has 0 amide bonds. The zero-order valence-electron chi connectivity index (χ0n) is 14.6. The van der Waals surface area contributed by atoms with E-state index in [0.29, 0.717) is 11.3 Å². The minimum Gasteiger partial charge on any atom is -0.493 e. The van der Waals surface area contributed by atoms with E-state index in [1.54, 1.807) is 6.07 Å². The quantitative estimate of drug-likeness (QED) is 0.666. The highest BCUT2D eigenvalue weighted by atomic mass is 16.7. The van der Waals surface area contributed by atoms with Crippen LogP contribution < -0.4 is 19.6 Å². The van der Waals surface area contributed by atoms with Crippen LogP contribution in [0.3, 0.4) is 0 Å². The van der Waals surface area contributed by atoms with Gasteiger partial charge in [0.1, 0.15) is 0 Å². The predicted octanol–water partition coefficient (Wildman–Crippen LogP) is 2.61. The molecule has 0 aromatic heterocycles. The van der Waals surface area contributed by atoms with E-state index in [9.17, 15) is 4.79 Å². The molecule has 0 radical (unpaired) electrons. The molecule has 1 aromatic carbocycles. The van der Waals surface area contributed by atoms with Crippen LogP contribution in [0.15, 0.2) is 41.3 Å². The lowest BCUT2D eigenvalue weighted by molar-refractivity contribution is -0.122. The Hall–Kier alpha value is -3.48. The Bertz CT molecular complexity index is 1060. The van der Waals surface area contributed by atoms with Crippen LogP contribution in [0.1, 0.15) is 5.56 Å². The number of methoxy groups -OCH3 is 1. The Morgan fingerprint density at radius 2 is 1.89 bits per heavy atom. The number of hydrogen-bond donors (Lipinski definition) is 1. The molecular formula is C20H17NO6. The molecule has 1 aliphatic carbocycles. The van der Waals surface area contributed by atoms with Crippen LogP contribution in [0, 0.1) is 0 Å². The summed E-state index contributed by atoms with van der Waals surface area (Å²) in [6.45, 7) is 0.851. The summed E-state index contributed by atoms with van der Waals surface area (Å²) in [4.78, 5) is 20.8. The number of rotatable bonds is 1. The molecule has 3 heterocycles. The van der Waals surface area contributed by atoms with Gasteiger partial charge in [-0.05, 0) is 41.8 Å². The zero-order valence-corrected chi connectivity index (χ0v) is 14.6. The monoisotopic (exact) mass is 367 g/mol. The fourth-order valence-corrected chi connectivity index (χ4v) is 3.56. The van der Waals surface area contributed by atoms with Crippen molar-refractivity contribution in [2.75, 3.05) is 13.9 Å². The highest BCUT2D eigenvalue weighted by Gasteiger charge is 2.24. The number of nitrogens with zero attached hydrogens (tertiary/aromatic N) is 1. The molecule has 4 aliphatic rings. The van der Waals surface area contributed by atoms with E-state index < -0.39 is 0 Å². The number of fused-ring (bicyclic) bond motifs is 5. The standard InChI is InChI=1S/C19H15NO4.CH2O2/c1-22-16-3-2-11-6-15-13-8-18-17(23-10-24-18)7-12(13)4-5-20(15)9-14(11)19(16)21;2-1-3/h2-3,6-9H,4-5,10H2,1H3;1H,(H,2,3). The first kappa shape index (κ1) is 17.0. The topological polar surface area (TPSA) is 87.0 Å². The van der Waals surface area contributed by atoms with Crippen molar-refractivity contribution in [3.63, 3.8) is 0 Å². The molecular weight excluding hydrogens is 350 g/mol. The third-order valence-electron chi connectivity index (χ3n) is 4.80. The Balaban J connectivity index is 0.000000565. The molecule has 27 heavy (non-hydrogen) atoms. The maximum atomic E-state index is 12.5. The van der Waals surface area contributed by atoms with Crippen LogP contribution in [-0.4, -0.2) is 30.0 Å². The maximum Gasteiger partial charge on any atom is 0.290 e. The molecule has 3 aliphatic heterocycles. The van der Waals surface area contributed by atoms with Crippen molar-refractivity contribution in [1.29, 1.82) is 0 Å². The number of pyridine rings is 1. The van der Waals surface area contributed by atoms with E-state index >= 15 is 0 Å². The summed E-state index contributed by atoms with van der Waals surface area (Å²) in [6, 6.07) is 9.83. The van der Waals surface area contributed by atoms with E-state index in [4.69, 9.17) is 24.1 Å². The van der Waals surface area contributed by atoms with Crippen LogP contribution in [0.2, 0.25) is 0 Å². The Labute approximate surface area is 154 Å². The van der Waals surface area contributed by atoms with Gasteiger partial charge in [-0.15, -0.1) is 0 Å². The molecule has 7 heteroatoms. The van der Waals surface area contributed by atoms with Crippen LogP contribution in [0.25, 0.3) is 22.4 Å². The molecule has 1 N–H and O–H groups in total. The lowest BCUT2D eigenvalue weighted by Gasteiger charge is -2.25. The van der Waals surface area contributed by atoms with Gasteiger partial charge in [-0.3, -0.25) is 9.59 Å². The molecule has 138 valence electrons. The van der Waals surface area contributed by atoms with Crippen molar-refractivity contribution in [3.8, 4) is 39.6 Å². The first-order valence-electron chi connectivity index (χ1n) is 8.38. The number of aromatic nitrogens is 1. The largest absolute Gasteiger partial charge is 0.493 e. The van der Waals surface area contributed by atoms with E-state index in [2.05, 4.69) is 16.7 Å². The van der Waals surface area contributed by atoms with Gasteiger partial charge >= 0.3 is 0 Å². The van der Waals surface area contributed by atoms with Crippen molar-refractivity contribution in [2.24, 2.45) is 0 Å². The molecule has 5 rings (SSSR count). The van der Waals surface area contributed by atoms with Crippen molar-refractivity contribution >= 4 is 6.47 Å². The highest BCUT2D eigenvalue weighted by Crippen LogP contribution is 2.42. The summed E-state index contributed by atoms with van der Waals surface area (Å²) in [5.41, 5.74) is 5.00. The molecule has 0 spiro atoms. The lowest BCUT2D eigenvalue weighted by Crippen LogP contribution is -2.16. The Morgan fingerprint density at radius 3 is 2.63 bits per heavy atom. The summed E-state index contributed by atoms with van der Waals surface area (Å²) in [5, 5.41) is 6.89. The first-order valence-corrected chi connectivity index (χ1v) is 8.38. The van der Waals surface area contributed by atoms with Gasteiger partial charge in [0, 0.05) is 29.6 Å². The minimum atomic E-state index is -0.250. The molecule has 0 saturated heterocycles. The van der Waals surface area contributed by atoms with Crippen LogP contribution >= 0.6 is 0 Å². The highest BCUT2D eigenvalue weighted by molar-refractivity contribution is 5.77. The summed E-state index contributed by atoms with van der Waals surface area (Å²) in [6.07, 6.45) is 2.83. The summed E-state index contributed by atoms with van der Waals surface area (Å²) in [7, 11) is 1.52. The predicted molar refractivity (Wildman–Crippen MR) is 97.8 cm³/mol. The van der Waals surface area contributed by atoms with Gasteiger partial charge in [-0.25, -0.2) is 0 Å². The van der Waals surface area contributed by atoms with Gasteiger partial charge < -0.3 is 23.9 Å². The van der Waals surface area contributed by atoms with Gasteiger partial charge in [0.2, 0.25) is 12.2 Å². The minimum absolute atomic E-state index is 0.0678. The van der Waals surface area contributed by atoms with Crippen molar-refractivity contribution in [3.05, 3.63) is 52.3 Å². The average molecular weight is 367 g/mol. The fourth-order valence-electron chi connectivity index (χ4n) is 3.56. The molecule has 0 bridgehead atoms. The number of ether oxygens (including phenoxy) is 3. The van der Waals surface area contributed by atoms with E-state index in [-0.39, 0.29) is 18.7 Å². The van der Waals surface area contributed by atoms with E-state index in [1.807, 2.05) is 18.3 Å². The molecule has 0 unspecified atom stereocenters. The Kier molecular flexibility index (Phi) is 4.19. The van der Waals surface area contributed by atoms with Crippen molar-refractivity contribution < 1.29 is 24.1 Å². The smallest absolute Gasteiger partial charge is 0.290 e. The van der Waals surface area contributed by atoms with Crippen LogP contribution in [0.4, 0.5) is 0 Å². The first-order chi connectivity index (χ1) is 13.2. The second-order valence-corrected chi connectivity index (χ2v) is 6.17. The second-order valence-electron chi connectivity index (χ2n) is 6.17. The average Bonchev–Trinajstić information content (AvgIpc) is 3.14. The van der Waals surface area contributed by atoms with Gasteiger partial charge in [0.25, 0.3) is 6.47 Å². The van der Waals surface area contributed by atoms with Gasteiger partial charge in [-0.2, -0.15) is 0 Å². The second kappa shape index (κ2) is 6.68. The zero-order chi connectivity index (χ0) is 19.0. The molecule has 7 nitrogen and oxygen atoms in total. The summed E-state index contributed by atoms with van der Waals surface area (Å²) in [5.74, 6) is 1.97. The molecule has 0 saturated carbocycles. The van der Waals surface area contributed by atoms with Crippen LogP contribution in [0.5, 0.6) is 17.2 Å². The summed E-state index contributed by atoms with van der Waals surface area (Å²) >= 11 is 0. The number of aryl methyl sites for hydroxylation is 2.